The van der Waals surface area contributed by atoms with Gasteiger partial charge in [-0.3, -0.25) is 9.52 Å². The molecule has 1 fully saturated rings. The Morgan fingerprint density at radius 3 is 2.41 bits per heavy atom. The Bertz CT molecular complexity index is 1120. The van der Waals surface area contributed by atoms with Crippen LogP contribution in [0.4, 0.5) is 11.5 Å². The highest BCUT2D eigenvalue weighted by Gasteiger charge is 2.29. The van der Waals surface area contributed by atoms with E-state index in [-0.39, 0.29) is 33.9 Å². The standard InChI is InChI=1S/C24H31N3O6S/c1-4-33-24(30)18-9-11-27(12-10-18)22-21(23(28)29)14-19(15-25-22)26-34(31,32)20-7-5-17(6-8-20)13-16(2)3/h5-8,14-16,18,26H,4,9-13H2,1-3H3,(H,28,29). The smallest absolute Gasteiger partial charge is 0.339 e. The lowest BCUT2D eigenvalue weighted by Gasteiger charge is -2.32. The molecule has 1 aromatic heterocycles. The van der Waals surface area contributed by atoms with Crippen molar-refractivity contribution in [3.05, 3.63) is 47.7 Å². The molecule has 3 rings (SSSR count). The van der Waals surface area contributed by atoms with Crippen molar-refractivity contribution in [2.24, 2.45) is 11.8 Å². The van der Waals surface area contributed by atoms with E-state index >= 15 is 0 Å². The summed E-state index contributed by atoms with van der Waals surface area (Å²) in [5, 5.41) is 9.73. The molecule has 10 heteroatoms. The van der Waals surface area contributed by atoms with E-state index in [1.54, 1.807) is 24.0 Å². The lowest BCUT2D eigenvalue weighted by Crippen LogP contribution is -2.38. The summed E-state index contributed by atoms with van der Waals surface area (Å²) in [5.41, 5.74) is 0.996. The monoisotopic (exact) mass is 489 g/mol. The summed E-state index contributed by atoms with van der Waals surface area (Å²) >= 11 is 0. The number of carbonyl (C=O) groups excluding carboxylic acids is 1. The van der Waals surface area contributed by atoms with Gasteiger partial charge in [-0.05, 0) is 55.9 Å². The van der Waals surface area contributed by atoms with E-state index in [1.807, 2.05) is 0 Å². The number of nitrogens with zero attached hydrogens (tertiary/aromatic N) is 2. The van der Waals surface area contributed by atoms with E-state index in [0.29, 0.717) is 38.5 Å². The van der Waals surface area contributed by atoms with Crippen molar-refractivity contribution < 1.29 is 27.9 Å². The summed E-state index contributed by atoms with van der Waals surface area (Å²) in [4.78, 5) is 30.0. The Morgan fingerprint density at radius 2 is 1.85 bits per heavy atom. The number of esters is 1. The number of rotatable bonds is 9. The number of aromatic nitrogens is 1. The molecule has 1 aliphatic heterocycles. The average Bonchev–Trinajstić information content (AvgIpc) is 2.79. The van der Waals surface area contributed by atoms with Gasteiger partial charge in [0.2, 0.25) is 0 Å². The highest BCUT2D eigenvalue weighted by molar-refractivity contribution is 7.92. The maximum atomic E-state index is 12.8. The third-order valence-electron chi connectivity index (χ3n) is 5.64. The first-order chi connectivity index (χ1) is 16.1. The van der Waals surface area contributed by atoms with Gasteiger partial charge in [0, 0.05) is 13.1 Å². The van der Waals surface area contributed by atoms with Gasteiger partial charge >= 0.3 is 11.9 Å². The number of sulfonamides is 1. The molecule has 1 saturated heterocycles. The van der Waals surface area contributed by atoms with Crippen LogP contribution in [0.1, 0.15) is 49.5 Å². The number of aromatic carboxylic acids is 1. The molecule has 2 heterocycles. The van der Waals surface area contributed by atoms with Crippen LogP contribution in [0.3, 0.4) is 0 Å². The number of benzene rings is 1. The van der Waals surface area contributed by atoms with Gasteiger partial charge in [0.25, 0.3) is 10.0 Å². The molecule has 0 aliphatic carbocycles. The predicted octanol–water partition coefficient (Wildman–Crippen LogP) is 3.56. The largest absolute Gasteiger partial charge is 0.478 e. The van der Waals surface area contributed by atoms with Crippen LogP contribution in [-0.4, -0.2) is 50.1 Å². The van der Waals surface area contributed by atoms with Crippen molar-refractivity contribution in [2.75, 3.05) is 29.3 Å². The summed E-state index contributed by atoms with van der Waals surface area (Å²) in [6, 6.07) is 7.89. The number of hydrogen-bond donors (Lipinski definition) is 2. The van der Waals surface area contributed by atoms with E-state index in [0.717, 1.165) is 12.0 Å². The lowest BCUT2D eigenvalue weighted by molar-refractivity contribution is -0.148. The summed E-state index contributed by atoms with van der Waals surface area (Å²) in [7, 11) is -3.91. The number of carboxylic acids is 1. The summed E-state index contributed by atoms with van der Waals surface area (Å²) < 4.78 is 33.1. The Labute approximate surface area is 200 Å². The number of hydrogen-bond acceptors (Lipinski definition) is 7. The molecule has 2 aromatic rings. The zero-order valence-corrected chi connectivity index (χ0v) is 20.5. The Kier molecular flexibility index (Phi) is 8.14. The Morgan fingerprint density at radius 1 is 1.21 bits per heavy atom. The van der Waals surface area contributed by atoms with Gasteiger partial charge in [0.05, 0.1) is 29.3 Å². The first kappa shape index (κ1) is 25.5. The second-order valence-corrected chi connectivity index (χ2v) is 10.4. The van der Waals surface area contributed by atoms with Crippen molar-refractivity contribution in [2.45, 2.75) is 44.9 Å². The van der Waals surface area contributed by atoms with Crippen LogP contribution in [0.5, 0.6) is 0 Å². The third kappa shape index (κ3) is 6.25. The van der Waals surface area contributed by atoms with E-state index < -0.39 is 16.0 Å². The maximum absolute atomic E-state index is 12.8. The fraction of sp³-hybridized carbons (Fsp3) is 0.458. The molecule has 2 N–H and O–H groups in total. The third-order valence-corrected chi connectivity index (χ3v) is 7.04. The van der Waals surface area contributed by atoms with Gasteiger partial charge in [0.1, 0.15) is 11.4 Å². The number of anilines is 2. The number of nitrogens with one attached hydrogen (secondary N) is 1. The van der Waals surface area contributed by atoms with Crippen molar-refractivity contribution in [3.8, 4) is 0 Å². The molecule has 9 nitrogen and oxygen atoms in total. The molecule has 0 bridgehead atoms. The van der Waals surface area contributed by atoms with Gasteiger partial charge in [0.15, 0.2) is 0 Å². The first-order valence-electron chi connectivity index (χ1n) is 11.4. The Hall–Kier alpha value is -3.14. The zero-order valence-electron chi connectivity index (χ0n) is 19.7. The van der Waals surface area contributed by atoms with Gasteiger partial charge < -0.3 is 14.7 Å². The maximum Gasteiger partial charge on any atom is 0.339 e. The van der Waals surface area contributed by atoms with Crippen molar-refractivity contribution >= 4 is 33.5 Å². The molecule has 0 amide bonds. The van der Waals surface area contributed by atoms with Gasteiger partial charge in [-0.2, -0.15) is 0 Å². The molecule has 34 heavy (non-hydrogen) atoms. The van der Waals surface area contributed by atoms with Crippen LogP contribution >= 0.6 is 0 Å². The molecule has 0 spiro atoms. The second kappa shape index (κ2) is 10.9. The summed E-state index contributed by atoms with van der Waals surface area (Å²) in [6.45, 7) is 7.16. The zero-order chi connectivity index (χ0) is 24.9. The SMILES string of the molecule is CCOC(=O)C1CCN(c2ncc(NS(=O)(=O)c3ccc(CC(C)C)cc3)cc2C(=O)O)CC1. The average molecular weight is 490 g/mol. The topological polar surface area (TPSA) is 126 Å². The van der Waals surface area contributed by atoms with Crippen LogP contribution in [0, 0.1) is 11.8 Å². The quantitative estimate of drug-likeness (QED) is 0.512. The highest BCUT2D eigenvalue weighted by atomic mass is 32.2. The van der Waals surface area contributed by atoms with Crippen LogP contribution in [0.15, 0.2) is 41.4 Å². The predicted molar refractivity (Wildman–Crippen MR) is 129 cm³/mol. The molecule has 184 valence electrons. The molecule has 1 aromatic carbocycles. The minimum atomic E-state index is -3.91. The van der Waals surface area contributed by atoms with Crippen molar-refractivity contribution in [1.82, 2.24) is 4.98 Å². The molecule has 0 atom stereocenters. The van der Waals surface area contributed by atoms with Crippen molar-refractivity contribution in [1.29, 1.82) is 0 Å². The number of carbonyl (C=O) groups is 2. The van der Waals surface area contributed by atoms with Crippen molar-refractivity contribution in [3.63, 3.8) is 0 Å². The molecular weight excluding hydrogens is 458 g/mol. The number of pyridine rings is 1. The van der Waals surface area contributed by atoms with E-state index in [1.165, 1.54) is 24.4 Å². The number of carboxylic acid groups (broad SMARTS) is 1. The fourth-order valence-electron chi connectivity index (χ4n) is 4.00. The van der Waals surface area contributed by atoms with E-state index in [4.69, 9.17) is 4.74 Å². The minimum Gasteiger partial charge on any atom is -0.478 e. The van der Waals surface area contributed by atoms with Crippen LogP contribution in [-0.2, 0) is 26.0 Å². The molecule has 0 saturated carbocycles. The molecule has 0 radical (unpaired) electrons. The fourth-order valence-corrected chi connectivity index (χ4v) is 5.03. The van der Waals surface area contributed by atoms with Crippen LogP contribution in [0.2, 0.25) is 0 Å². The second-order valence-electron chi connectivity index (χ2n) is 8.76. The molecule has 0 unspecified atom stereocenters. The minimum absolute atomic E-state index is 0.0637. The van der Waals surface area contributed by atoms with Gasteiger partial charge in [-0.25, -0.2) is 18.2 Å². The summed E-state index contributed by atoms with van der Waals surface area (Å²) in [6.07, 6.45) is 3.21. The molecule has 1 aliphatic rings. The highest BCUT2D eigenvalue weighted by Crippen LogP contribution is 2.28. The van der Waals surface area contributed by atoms with E-state index in [2.05, 4.69) is 23.6 Å². The van der Waals surface area contributed by atoms with Crippen LogP contribution < -0.4 is 9.62 Å². The van der Waals surface area contributed by atoms with Gasteiger partial charge in [-0.1, -0.05) is 26.0 Å². The molecular formula is C24H31N3O6S. The summed E-state index contributed by atoms with van der Waals surface area (Å²) in [5.74, 6) is -0.974. The van der Waals surface area contributed by atoms with Crippen LogP contribution in [0.25, 0.3) is 0 Å². The normalized spacial score (nSPS) is 14.8. The van der Waals surface area contributed by atoms with Gasteiger partial charge in [-0.15, -0.1) is 0 Å². The first-order valence-corrected chi connectivity index (χ1v) is 12.9. The number of ether oxygens (including phenoxy) is 1. The number of piperidine rings is 1. The Balaban J connectivity index is 1.75. The lowest BCUT2D eigenvalue weighted by atomic mass is 9.96. The van der Waals surface area contributed by atoms with E-state index in [9.17, 15) is 23.1 Å².